The largest absolute Gasteiger partial charge is 1.00 e. The minimum Gasteiger partial charge on any atom is -0.536 e. The average Bonchev–Trinajstić information content (AvgIpc) is 2.87. The molecule has 1 aromatic heterocycles. The van der Waals surface area contributed by atoms with E-state index in [1.165, 1.54) is 25.1 Å². The summed E-state index contributed by atoms with van der Waals surface area (Å²) in [5.41, 5.74) is 6.42. The van der Waals surface area contributed by atoms with Crippen molar-refractivity contribution in [2.75, 3.05) is 64.0 Å². The number of rotatable bonds is 14. The molecule has 1 fully saturated rings. The van der Waals surface area contributed by atoms with Crippen LogP contribution in [0.2, 0.25) is 5.02 Å². The van der Waals surface area contributed by atoms with Crippen LogP contribution in [0.3, 0.4) is 0 Å². The van der Waals surface area contributed by atoms with Crippen molar-refractivity contribution >= 4 is 23.1 Å². The molecule has 0 atom stereocenters. The normalized spacial score (nSPS) is 14.7. The number of nitrogens with zero attached hydrogens (tertiary/aromatic N) is 7. The zero-order valence-electron chi connectivity index (χ0n) is 23.7. The summed E-state index contributed by atoms with van der Waals surface area (Å²) in [6.07, 6.45) is 2.85. The molecule has 2 heterocycles. The van der Waals surface area contributed by atoms with E-state index < -0.39 is 0 Å². The second-order valence-electron chi connectivity index (χ2n) is 9.88. The van der Waals surface area contributed by atoms with Gasteiger partial charge in [-0.15, -0.1) is 5.69 Å². The summed E-state index contributed by atoms with van der Waals surface area (Å²) in [5, 5.41) is 2.09. The fourth-order valence-corrected chi connectivity index (χ4v) is 4.59. The molecule has 8 nitrogen and oxygen atoms in total. The summed E-state index contributed by atoms with van der Waals surface area (Å²) >= 11 is 6.36. The van der Waals surface area contributed by atoms with E-state index in [1.807, 2.05) is 19.1 Å². The summed E-state index contributed by atoms with van der Waals surface area (Å²) in [4.78, 5) is 22.1. The van der Waals surface area contributed by atoms with Crippen molar-refractivity contribution < 1.29 is 56.3 Å². The van der Waals surface area contributed by atoms with Gasteiger partial charge in [-0.05, 0) is 51.0 Å². The number of hydroxylamine groups is 1. The van der Waals surface area contributed by atoms with Crippen LogP contribution >= 0.6 is 11.6 Å². The SMILES string of the molecule is CCN(CC)CCCN1CCN(Cc2cccc([N-]ON(CC(C)C)c3nc(C)ncc3Cl)c2)CC1.[K+]. The minimum atomic E-state index is 0. The Balaban J connectivity index is 0.00000481. The number of hydrogen-bond acceptors (Lipinski definition) is 7. The zero-order valence-corrected chi connectivity index (χ0v) is 27.5. The molecule has 0 aliphatic carbocycles. The van der Waals surface area contributed by atoms with Gasteiger partial charge in [-0.1, -0.05) is 63.6 Å². The predicted molar refractivity (Wildman–Crippen MR) is 149 cm³/mol. The molecule has 0 amide bonds. The van der Waals surface area contributed by atoms with Gasteiger partial charge in [0, 0.05) is 39.3 Å². The molecular formula is C27H43ClKN7O. The second kappa shape index (κ2) is 17.4. The van der Waals surface area contributed by atoms with E-state index in [-0.39, 0.29) is 51.4 Å². The molecule has 200 valence electrons. The predicted octanol–water partition coefficient (Wildman–Crippen LogP) is 2.31. The molecule has 0 spiro atoms. The molecule has 37 heavy (non-hydrogen) atoms. The van der Waals surface area contributed by atoms with Crippen LogP contribution in [-0.2, 0) is 11.5 Å². The van der Waals surface area contributed by atoms with Crippen molar-refractivity contribution in [1.82, 2.24) is 24.7 Å². The number of piperazine rings is 1. The van der Waals surface area contributed by atoms with Crippen LogP contribution in [0.1, 0.15) is 45.5 Å². The molecule has 0 radical (unpaired) electrons. The minimum absolute atomic E-state index is 0. The number of aryl methyl sites for hydroxylation is 1. The van der Waals surface area contributed by atoms with Gasteiger partial charge in [-0.2, -0.15) is 0 Å². The van der Waals surface area contributed by atoms with Crippen LogP contribution in [0.25, 0.3) is 5.48 Å². The van der Waals surface area contributed by atoms with Crippen LogP contribution in [-0.4, -0.2) is 83.6 Å². The van der Waals surface area contributed by atoms with Gasteiger partial charge in [0.2, 0.25) is 0 Å². The average molecular weight is 556 g/mol. The quantitative estimate of drug-likeness (QED) is 0.262. The molecule has 1 aliphatic rings. The van der Waals surface area contributed by atoms with E-state index in [9.17, 15) is 0 Å². The maximum atomic E-state index is 6.36. The summed E-state index contributed by atoms with van der Waals surface area (Å²) in [7, 11) is 0. The molecule has 1 aromatic carbocycles. The first kappa shape index (κ1) is 32.9. The third kappa shape index (κ3) is 11.4. The first-order chi connectivity index (χ1) is 17.4. The summed E-state index contributed by atoms with van der Waals surface area (Å²) in [6.45, 7) is 21.2. The van der Waals surface area contributed by atoms with Crippen LogP contribution in [0.5, 0.6) is 0 Å². The van der Waals surface area contributed by atoms with Gasteiger partial charge >= 0.3 is 51.4 Å². The van der Waals surface area contributed by atoms with Gasteiger partial charge in [-0.3, -0.25) is 4.90 Å². The molecule has 3 rings (SSSR count). The van der Waals surface area contributed by atoms with Gasteiger partial charge in [-0.25, -0.2) is 15.0 Å². The Morgan fingerprint density at radius 1 is 1.11 bits per heavy atom. The molecule has 0 unspecified atom stereocenters. The fourth-order valence-electron chi connectivity index (χ4n) is 4.40. The van der Waals surface area contributed by atoms with Crippen molar-refractivity contribution in [1.29, 1.82) is 0 Å². The van der Waals surface area contributed by atoms with Gasteiger partial charge in [0.15, 0.2) is 5.82 Å². The van der Waals surface area contributed by atoms with E-state index in [4.69, 9.17) is 16.5 Å². The number of halogens is 1. The van der Waals surface area contributed by atoms with Crippen molar-refractivity contribution in [2.24, 2.45) is 5.92 Å². The number of hydrogen-bond donors (Lipinski definition) is 0. The third-order valence-electron chi connectivity index (χ3n) is 6.48. The van der Waals surface area contributed by atoms with Crippen LogP contribution in [0, 0.1) is 12.8 Å². The number of aromatic nitrogens is 2. The van der Waals surface area contributed by atoms with Gasteiger partial charge in [0.05, 0.1) is 6.20 Å². The Morgan fingerprint density at radius 3 is 2.49 bits per heavy atom. The standard InChI is InChI=1S/C27H43ClN7O.K/c1-6-32(7-2)12-9-13-33-14-16-34(17-15-33)21-24-10-8-11-25(18-24)31-36-35(20-22(3)4)27-26(28)19-29-23(5)30-27;/h8,10-11,18-19,22H,6-7,9,12-17,20-21H2,1-5H3;/q-1;+1. The molecule has 1 aliphatic heterocycles. The molecule has 0 N–H and O–H groups in total. The van der Waals surface area contributed by atoms with Gasteiger partial charge in [0.25, 0.3) is 0 Å². The molecule has 0 saturated carbocycles. The van der Waals surface area contributed by atoms with Crippen molar-refractivity contribution in [3.63, 3.8) is 0 Å². The van der Waals surface area contributed by atoms with Crippen LogP contribution in [0.4, 0.5) is 11.5 Å². The Bertz CT molecular complexity index is 923. The first-order valence-corrected chi connectivity index (χ1v) is 13.7. The number of benzene rings is 1. The Kier molecular flexibility index (Phi) is 15.4. The maximum absolute atomic E-state index is 6.36. The Hall–Kier alpha value is -0.334. The Morgan fingerprint density at radius 2 is 1.81 bits per heavy atom. The molecular weight excluding hydrogens is 513 g/mol. The fraction of sp³-hybridized carbons (Fsp3) is 0.630. The zero-order chi connectivity index (χ0) is 25.9. The van der Waals surface area contributed by atoms with E-state index in [2.05, 4.69) is 70.0 Å². The van der Waals surface area contributed by atoms with Crippen LogP contribution < -0.4 is 56.4 Å². The van der Waals surface area contributed by atoms with E-state index in [0.29, 0.717) is 29.1 Å². The summed E-state index contributed by atoms with van der Waals surface area (Å²) < 4.78 is 0. The monoisotopic (exact) mass is 555 g/mol. The van der Waals surface area contributed by atoms with Crippen molar-refractivity contribution in [2.45, 2.75) is 47.6 Å². The molecule has 10 heteroatoms. The van der Waals surface area contributed by atoms with Gasteiger partial charge < -0.3 is 20.2 Å². The van der Waals surface area contributed by atoms with Crippen molar-refractivity contribution in [3.8, 4) is 0 Å². The van der Waals surface area contributed by atoms with E-state index in [0.717, 1.165) is 51.5 Å². The first-order valence-electron chi connectivity index (χ1n) is 13.3. The smallest absolute Gasteiger partial charge is 0.536 e. The van der Waals surface area contributed by atoms with Crippen molar-refractivity contribution in [3.05, 3.63) is 52.4 Å². The summed E-state index contributed by atoms with van der Waals surface area (Å²) in [6, 6.07) is 8.25. The molecule has 1 saturated heterocycles. The third-order valence-corrected chi connectivity index (χ3v) is 6.75. The Labute approximate surface area is 271 Å². The van der Waals surface area contributed by atoms with Crippen LogP contribution in [0.15, 0.2) is 30.5 Å². The van der Waals surface area contributed by atoms with E-state index >= 15 is 0 Å². The number of anilines is 1. The maximum Gasteiger partial charge on any atom is 1.00 e. The van der Waals surface area contributed by atoms with E-state index in [1.54, 1.807) is 11.3 Å². The second-order valence-corrected chi connectivity index (χ2v) is 10.3. The topological polar surface area (TPSA) is 62.1 Å². The van der Waals surface area contributed by atoms with Gasteiger partial charge in [0.1, 0.15) is 10.8 Å². The summed E-state index contributed by atoms with van der Waals surface area (Å²) in [5.74, 6) is 1.51. The molecule has 0 bridgehead atoms. The molecule has 2 aromatic rings.